The molecule has 1 N–H and O–H groups in total. The molecule has 0 saturated heterocycles. The van der Waals surface area contributed by atoms with Crippen molar-refractivity contribution in [3.05, 3.63) is 59.4 Å². The van der Waals surface area contributed by atoms with Crippen LogP contribution in [-0.4, -0.2) is 25.9 Å². The van der Waals surface area contributed by atoms with Crippen LogP contribution in [0, 0.1) is 5.82 Å². The maximum absolute atomic E-state index is 13.1. The predicted octanol–water partition coefficient (Wildman–Crippen LogP) is 4.39. The zero-order chi connectivity index (χ0) is 18.7. The first-order chi connectivity index (χ1) is 12.5. The van der Waals surface area contributed by atoms with E-state index in [1.54, 1.807) is 6.92 Å². The Morgan fingerprint density at radius 2 is 1.96 bits per heavy atom. The Balaban J connectivity index is 1.71. The standard InChI is InChI=1S/C18H16ClFN4OS/c1-11(17(25)21-15-9-8-13(20)10-14(15)19)26-18-23-22-16(24(18)2)12-6-4-3-5-7-12/h3-11H,1-2H3,(H,21,25)/t11-/m1/s1. The molecular weight excluding hydrogens is 375 g/mol. The van der Waals surface area contributed by atoms with E-state index in [0.29, 0.717) is 10.8 Å². The number of aromatic nitrogens is 3. The molecule has 5 nitrogen and oxygen atoms in total. The van der Waals surface area contributed by atoms with Gasteiger partial charge in [0.2, 0.25) is 5.91 Å². The van der Waals surface area contributed by atoms with Crippen LogP contribution in [0.25, 0.3) is 11.4 Å². The lowest BCUT2D eigenvalue weighted by Crippen LogP contribution is -2.23. The molecule has 0 aliphatic heterocycles. The van der Waals surface area contributed by atoms with E-state index in [9.17, 15) is 9.18 Å². The maximum Gasteiger partial charge on any atom is 0.237 e. The molecule has 1 aromatic heterocycles. The van der Waals surface area contributed by atoms with Gasteiger partial charge in [-0.25, -0.2) is 4.39 Å². The summed E-state index contributed by atoms with van der Waals surface area (Å²) in [5, 5.41) is 11.4. The largest absolute Gasteiger partial charge is 0.324 e. The maximum atomic E-state index is 13.1. The van der Waals surface area contributed by atoms with E-state index in [1.165, 1.54) is 23.9 Å². The van der Waals surface area contributed by atoms with Crippen LogP contribution < -0.4 is 5.32 Å². The van der Waals surface area contributed by atoms with Crippen molar-refractivity contribution in [1.82, 2.24) is 14.8 Å². The Morgan fingerprint density at radius 1 is 1.23 bits per heavy atom. The van der Waals surface area contributed by atoms with E-state index in [-0.39, 0.29) is 10.9 Å². The monoisotopic (exact) mass is 390 g/mol. The highest BCUT2D eigenvalue weighted by Gasteiger charge is 2.20. The average molecular weight is 391 g/mol. The lowest BCUT2D eigenvalue weighted by Gasteiger charge is -2.12. The first-order valence-corrected chi connectivity index (χ1v) is 9.09. The van der Waals surface area contributed by atoms with Crippen LogP contribution >= 0.6 is 23.4 Å². The van der Waals surface area contributed by atoms with Crippen molar-refractivity contribution < 1.29 is 9.18 Å². The number of benzene rings is 2. The first-order valence-electron chi connectivity index (χ1n) is 7.83. The number of nitrogens with zero attached hydrogens (tertiary/aromatic N) is 3. The van der Waals surface area contributed by atoms with E-state index in [2.05, 4.69) is 15.5 Å². The van der Waals surface area contributed by atoms with Gasteiger partial charge in [-0.05, 0) is 25.1 Å². The quantitative estimate of drug-likeness (QED) is 0.656. The Bertz CT molecular complexity index is 932. The first kappa shape index (κ1) is 18.4. The summed E-state index contributed by atoms with van der Waals surface area (Å²) in [5.41, 5.74) is 1.32. The molecule has 1 amide bonds. The lowest BCUT2D eigenvalue weighted by atomic mass is 10.2. The molecule has 0 bridgehead atoms. The third kappa shape index (κ3) is 4.05. The second-order valence-corrected chi connectivity index (χ2v) is 7.32. The Labute approximate surface area is 159 Å². The van der Waals surface area contributed by atoms with Gasteiger partial charge in [0.05, 0.1) is 16.0 Å². The fourth-order valence-electron chi connectivity index (χ4n) is 2.29. The molecule has 0 aliphatic rings. The molecule has 1 atom stereocenters. The third-order valence-electron chi connectivity index (χ3n) is 3.71. The number of anilines is 1. The number of halogens is 2. The molecule has 0 radical (unpaired) electrons. The summed E-state index contributed by atoms with van der Waals surface area (Å²) < 4.78 is 14.9. The zero-order valence-electron chi connectivity index (χ0n) is 14.1. The van der Waals surface area contributed by atoms with Crippen LogP contribution in [0.4, 0.5) is 10.1 Å². The van der Waals surface area contributed by atoms with Gasteiger partial charge in [-0.1, -0.05) is 53.7 Å². The van der Waals surface area contributed by atoms with Gasteiger partial charge < -0.3 is 9.88 Å². The lowest BCUT2D eigenvalue weighted by molar-refractivity contribution is -0.115. The number of carbonyl (C=O) groups excluding carboxylic acids is 1. The van der Waals surface area contributed by atoms with Gasteiger partial charge in [-0.3, -0.25) is 4.79 Å². The second kappa shape index (κ2) is 7.88. The summed E-state index contributed by atoms with van der Waals surface area (Å²) >= 11 is 7.23. The van der Waals surface area contributed by atoms with Crippen molar-refractivity contribution >= 4 is 35.0 Å². The molecule has 1 heterocycles. The SMILES string of the molecule is C[C@@H](Sc1nnc(-c2ccccc2)n1C)C(=O)Nc1ccc(F)cc1Cl. The molecule has 0 fully saturated rings. The van der Waals surface area contributed by atoms with Crippen molar-refractivity contribution in [1.29, 1.82) is 0 Å². The van der Waals surface area contributed by atoms with Gasteiger partial charge in [-0.2, -0.15) is 0 Å². The van der Waals surface area contributed by atoms with Crippen molar-refractivity contribution in [3.8, 4) is 11.4 Å². The second-order valence-electron chi connectivity index (χ2n) is 5.60. The number of rotatable bonds is 5. The van der Waals surface area contributed by atoms with E-state index in [0.717, 1.165) is 17.5 Å². The predicted molar refractivity (Wildman–Crippen MR) is 102 cm³/mol. The van der Waals surface area contributed by atoms with Crippen molar-refractivity contribution in [2.75, 3.05) is 5.32 Å². The van der Waals surface area contributed by atoms with E-state index in [4.69, 9.17) is 11.6 Å². The number of carbonyl (C=O) groups is 1. The highest BCUT2D eigenvalue weighted by molar-refractivity contribution is 8.00. The van der Waals surface area contributed by atoms with Gasteiger partial charge in [0.15, 0.2) is 11.0 Å². The van der Waals surface area contributed by atoms with Crippen molar-refractivity contribution in [3.63, 3.8) is 0 Å². The minimum atomic E-state index is -0.456. The highest BCUT2D eigenvalue weighted by atomic mass is 35.5. The van der Waals surface area contributed by atoms with Crippen LogP contribution in [-0.2, 0) is 11.8 Å². The Hall–Kier alpha value is -2.38. The van der Waals surface area contributed by atoms with Crippen LogP contribution in [0.3, 0.4) is 0 Å². The zero-order valence-corrected chi connectivity index (χ0v) is 15.7. The molecule has 0 aliphatic carbocycles. The smallest absolute Gasteiger partial charge is 0.237 e. The summed E-state index contributed by atoms with van der Waals surface area (Å²) in [6.07, 6.45) is 0. The molecular formula is C18H16ClFN4OS. The summed E-state index contributed by atoms with van der Waals surface area (Å²) in [5.74, 6) is 0.0120. The summed E-state index contributed by atoms with van der Waals surface area (Å²) in [6.45, 7) is 1.76. The fraction of sp³-hybridized carbons (Fsp3) is 0.167. The van der Waals surface area contributed by atoms with Gasteiger partial charge in [-0.15, -0.1) is 10.2 Å². The van der Waals surface area contributed by atoms with Gasteiger partial charge in [0.1, 0.15) is 5.82 Å². The fourth-order valence-corrected chi connectivity index (χ4v) is 3.32. The molecule has 134 valence electrons. The number of nitrogens with one attached hydrogen (secondary N) is 1. The third-order valence-corrected chi connectivity index (χ3v) is 5.15. The molecule has 3 rings (SSSR count). The number of hydrogen-bond acceptors (Lipinski definition) is 4. The highest BCUT2D eigenvalue weighted by Crippen LogP contribution is 2.27. The van der Waals surface area contributed by atoms with Gasteiger partial charge in [0, 0.05) is 12.6 Å². The van der Waals surface area contributed by atoms with E-state index >= 15 is 0 Å². The molecule has 26 heavy (non-hydrogen) atoms. The number of hydrogen-bond donors (Lipinski definition) is 1. The van der Waals surface area contributed by atoms with Crippen LogP contribution in [0.5, 0.6) is 0 Å². The Kier molecular flexibility index (Phi) is 5.58. The van der Waals surface area contributed by atoms with Crippen LogP contribution in [0.1, 0.15) is 6.92 Å². The molecule has 0 unspecified atom stereocenters. The average Bonchev–Trinajstić information content (AvgIpc) is 2.98. The molecule has 0 saturated carbocycles. The molecule has 0 spiro atoms. The molecule has 2 aromatic carbocycles. The topological polar surface area (TPSA) is 59.8 Å². The Morgan fingerprint density at radius 3 is 2.65 bits per heavy atom. The summed E-state index contributed by atoms with van der Waals surface area (Å²) in [7, 11) is 1.85. The van der Waals surface area contributed by atoms with Crippen LogP contribution in [0.15, 0.2) is 53.7 Å². The molecule has 8 heteroatoms. The van der Waals surface area contributed by atoms with E-state index < -0.39 is 11.1 Å². The summed E-state index contributed by atoms with van der Waals surface area (Å²) in [6, 6.07) is 13.5. The van der Waals surface area contributed by atoms with Gasteiger partial charge in [0.25, 0.3) is 0 Å². The van der Waals surface area contributed by atoms with Crippen molar-refractivity contribution in [2.45, 2.75) is 17.3 Å². The minimum Gasteiger partial charge on any atom is -0.324 e. The normalized spacial score (nSPS) is 12.0. The summed E-state index contributed by atoms with van der Waals surface area (Å²) in [4.78, 5) is 12.4. The van der Waals surface area contributed by atoms with Crippen LogP contribution in [0.2, 0.25) is 5.02 Å². The minimum absolute atomic E-state index is 0.153. The number of amides is 1. The van der Waals surface area contributed by atoms with Gasteiger partial charge >= 0.3 is 0 Å². The van der Waals surface area contributed by atoms with E-state index in [1.807, 2.05) is 41.9 Å². The number of thioether (sulfide) groups is 1. The van der Waals surface area contributed by atoms with Crippen molar-refractivity contribution in [2.24, 2.45) is 7.05 Å². The molecule has 3 aromatic rings.